The van der Waals surface area contributed by atoms with Crippen LogP contribution >= 0.6 is 0 Å². The summed E-state index contributed by atoms with van der Waals surface area (Å²) >= 11 is 0. The number of ether oxygens (including phenoxy) is 1. The van der Waals surface area contributed by atoms with Crippen molar-refractivity contribution in [1.82, 2.24) is 4.98 Å². The molecule has 0 aliphatic rings. The molecule has 2 rings (SSSR count). The van der Waals surface area contributed by atoms with Crippen molar-refractivity contribution in [3.05, 3.63) is 29.6 Å². The molecule has 1 aromatic heterocycles. The Labute approximate surface area is 192 Å². The zero-order chi connectivity index (χ0) is 25.4. The van der Waals surface area contributed by atoms with Gasteiger partial charge in [0.25, 0.3) is 0 Å². The van der Waals surface area contributed by atoms with Crippen LogP contribution in [-0.2, 0) is 10.1 Å². The summed E-state index contributed by atoms with van der Waals surface area (Å²) < 4.78 is 86.6. The molecular weight excluding hydrogens is 478 g/mol. The molecule has 0 aliphatic carbocycles. The zero-order valence-electron chi connectivity index (χ0n) is 19.5. The third-order valence-electron chi connectivity index (χ3n) is 5.84. The van der Waals surface area contributed by atoms with Crippen LogP contribution < -0.4 is 8.92 Å². The van der Waals surface area contributed by atoms with Crippen LogP contribution in [0.3, 0.4) is 0 Å². The average molecular weight is 506 g/mol. The highest BCUT2D eigenvalue weighted by atomic mass is 32.2. The summed E-state index contributed by atoms with van der Waals surface area (Å²) in [6.07, 6.45) is 0. The van der Waals surface area contributed by atoms with Gasteiger partial charge < -0.3 is 8.92 Å². The molecule has 182 valence electrons. The van der Waals surface area contributed by atoms with Crippen LogP contribution in [0.4, 0.5) is 17.6 Å². The van der Waals surface area contributed by atoms with Gasteiger partial charge in [-0.25, -0.2) is 4.39 Å². The van der Waals surface area contributed by atoms with Gasteiger partial charge in [-0.15, -0.1) is 5.54 Å². The topological polar surface area (TPSA) is 65.5 Å². The van der Waals surface area contributed by atoms with E-state index in [9.17, 15) is 26.0 Å². The minimum atomic E-state index is -6.06. The van der Waals surface area contributed by atoms with E-state index in [2.05, 4.69) is 62.2 Å². The Morgan fingerprint density at radius 3 is 2.03 bits per heavy atom. The molecule has 2 aromatic rings. The maximum absolute atomic E-state index is 15.0. The van der Waals surface area contributed by atoms with E-state index in [1.807, 2.05) is 0 Å². The van der Waals surface area contributed by atoms with Crippen molar-refractivity contribution in [3.63, 3.8) is 0 Å². The van der Waals surface area contributed by atoms with Gasteiger partial charge in [0.1, 0.15) is 13.9 Å². The van der Waals surface area contributed by atoms with Gasteiger partial charge in [0.2, 0.25) is 11.8 Å². The van der Waals surface area contributed by atoms with Gasteiger partial charge in [0, 0.05) is 6.07 Å². The van der Waals surface area contributed by atoms with Gasteiger partial charge in [-0.1, -0.05) is 53.5 Å². The van der Waals surface area contributed by atoms with Gasteiger partial charge in [-0.05, 0) is 28.1 Å². The van der Waals surface area contributed by atoms with E-state index >= 15 is 0 Å². The number of alkyl halides is 3. The molecule has 0 spiro atoms. The molecule has 0 radical (unpaired) electrons. The Kier molecular flexibility index (Phi) is 7.75. The number of pyridine rings is 1. The van der Waals surface area contributed by atoms with Crippen molar-refractivity contribution in [2.75, 3.05) is 7.11 Å². The summed E-state index contributed by atoms with van der Waals surface area (Å²) in [7, 11) is -7.20. The molecule has 0 atom stereocenters. The van der Waals surface area contributed by atoms with Gasteiger partial charge in [-0.3, -0.25) is 0 Å². The van der Waals surface area contributed by atoms with Crippen LogP contribution in [-0.4, -0.2) is 34.1 Å². The molecule has 0 bridgehead atoms. The molecular formula is C22H27F4NO4SSi. The summed E-state index contributed by atoms with van der Waals surface area (Å²) in [6.45, 7) is 12.3. The quantitative estimate of drug-likeness (QED) is 0.154. The van der Waals surface area contributed by atoms with E-state index < -0.39 is 35.4 Å². The van der Waals surface area contributed by atoms with E-state index in [0.29, 0.717) is 0 Å². The fourth-order valence-corrected chi connectivity index (χ4v) is 9.94. The van der Waals surface area contributed by atoms with Gasteiger partial charge in [-0.2, -0.15) is 26.6 Å². The zero-order valence-corrected chi connectivity index (χ0v) is 21.3. The lowest BCUT2D eigenvalue weighted by atomic mass is 10.1. The summed E-state index contributed by atoms with van der Waals surface area (Å²) in [4.78, 5) is 3.72. The molecule has 0 N–H and O–H groups in total. The molecule has 0 aliphatic heterocycles. The summed E-state index contributed by atoms with van der Waals surface area (Å²) in [5.74, 6) is 0.873. The Hall–Kier alpha value is -2.32. The third-order valence-corrected chi connectivity index (χ3v) is 13.1. The van der Waals surface area contributed by atoms with Crippen LogP contribution in [0, 0.1) is 17.3 Å². The number of rotatable bonds is 6. The van der Waals surface area contributed by atoms with Crippen molar-refractivity contribution in [3.8, 4) is 23.2 Å². The van der Waals surface area contributed by atoms with Crippen LogP contribution in [0.25, 0.3) is 10.8 Å². The fourth-order valence-electron chi connectivity index (χ4n) is 4.31. The second-order valence-electron chi connectivity index (χ2n) is 8.62. The molecule has 1 aromatic carbocycles. The minimum absolute atomic E-state index is 0.172. The van der Waals surface area contributed by atoms with E-state index in [1.54, 1.807) is 0 Å². The van der Waals surface area contributed by atoms with E-state index in [4.69, 9.17) is 4.74 Å². The molecule has 0 unspecified atom stereocenters. The highest BCUT2D eigenvalue weighted by Crippen LogP contribution is 2.41. The first kappa shape index (κ1) is 26.9. The summed E-state index contributed by atoms with van der Waals surface area (Å²) in [5.41, 5.74) is -2.04. The number of halogens is 4. The highest BCUT2D eigenvalue weighted by Gasteiger charge is 2.49. The highest BCUT2D eigenvalue weighted by molar-refractivity contribution is 7.88. The standard InChI is InChI=1S/C22H27F4NO4SSi/c1-13(2)33(14(3)4,15(5)6)11-10-17-18(23)9-8-16-12-19(30-7)27-21(20(16)17)31-32(28,29)22(24,25)26/h8-9,12-15H,1-7H3. The molecule has 0 fully saturated rings. The van der Waals surface area contributed by atoms with Crippen LogP contribution in [0.1, 0.15) is 47.1 Å². The number of aromatic nitrogens is 1. The van der Waals surface area contributed by atoms with Crippen molar-refractivity contribution in [2.24, 2.45) is 0 Å². The average Bonchev–Trinajstić information content (AvgIpc) is 2.67. The van der Waals surface area contributed by atoms with Crippen LogP contribution in [0.2, 0.25) is 16.6 Å². The Morgan fingerprint density at radius 2 is 1.58 bits per heavy atom. The van der Waals surface area contributed by atoms with Crippen molar-refractivity contribution >= 4 is 29.0 Å². The third kappa shape index (κ3) is 5.11. The van der Waals surface area contributed by atoms with Gasteiger partial charge in [0.15, 0.2) is 0 Å². The lowest BCUT2D eigenvalue weighted by molar-refractivity contribution is -0.0501. The van der Waals surface area contributed by atoms with Crippen molar-refractivity contribution < 1.29 is 34.9 Å². The largest absolute Gasteiger partial charge is 0.534 e. The Balaban J connectivity index is 2.92. The molecule has 5 nitrogen and oxygen atoms in total. The number of hydrogen-bond donors (Lipinski definition) is 0. The van der Waals surface area contributed by atoms with Gasteiger partial charge in [0.05, 0.1) is 18.1 Å². The van der Waals surface area contributed by atoms with Gasteiger partial charge >= 0.3 is 15.6 Å². The fraction of sp³-hybridized carbons (Fsp3) is 0.500. The number of methoxy groups -OCH3 is 1. The monoisotopic (exact) mass is 505 g/mol. The predicted octanol–water partition coefficient (Wildman–Crippen LogP) is 6.18. The van der Waals surface area contributed by atoms with E-state index in [-0.39, 0.29) is 38.8 Å². The maximum atomic E-state index is 15.0. The normalized spacial score (nSPS) is 12.9. The second kappa shape index (κ2) is 9.50. The number of nitrogens with zero attached hydrogens (tertiary/aromatic N) is 1. The first-order valence-electron chi connectivity index (χ1n) is 10.3. The van der Waals surface area contributed by atoms with Crippen LogP contribution in [0.15, 0.2) is 18.2 Å². The first-order valence-corrected chi connectivity index (χ1v) is 13.9. The van der Waals surface area contributed by atoms with Crippen LogP contribution in [0.5, 0.6) is 11.8 Å². The molecule has 33 heavy (non-hydrogen) atoms. The molecule has 0 amide bonds. The number of hydrogen-bond acceptors (Lipinski definition) is 5. The molecule has 0 saturated heterocycles. The Bertz CT molecular complexity index is 1180. The number of benzene rings is 1. The maximum Gasteiger partial charge on any atom is 0.534 e. The van der Waals surface area contributed by atoms with E-state index in [1.165, 1.54) is 19.2 Å². The summed E-state index contributed by atoms with van der Waals surface area (Å²) in [6, 6.07) is 3.72. The van der Waals surface area contributed by atoms with E-state index in [0.717, 1.165) is 6.07 Å². The van der Waals surface area contributed by atoms with Crippen molar-refractivity contribution in [1.29, 1.82) is 0 Å². The smallest absolute Gasteiger partial charge is 0.481 e. The predicted molar refractivity (Wildman–Crippen MR) is 122 cm³/mol. The molecule has 11 heteroatoms. The Morgan fingerprint density at radius 1 is 1.03 bits per heavy atom. The molecule has 1 heterocycles. The molecule has 0 saturated carbocycles. The second-order valence-corrected chi connectivity index (χ2v) is 15.7. The first-order chi connectivity index (χ1) is 15.1. The lowest BCUT2D eigenvalue weighted by Crippen LogP contribution is -2.43. The van der Waals surface area contributed by atoms with Crippen molar-refractivity contribution in [2.45, 2.75) is 63.7 Å². The number of fused-ring (bicyclic) bond motifs is 1. The lowest BCUT2D eigenvalue weighted by Gasteiger charge is -2.38. The summed E-state index contributed by atoms with van der Waals surface area (Å²) in [5, 5.41) is -0.0962. The SMILES string of the molecule is COc1cc2ccc(F)c(C#C[Si](C(C)C)(C(C)C)C(C)C)c2c(OS(=O)(=O)C(F)(F)F)n1. The minimum Gasteiger partial charge on any atom is -0.481 e.